The van der Waals surface area contributed by atoms with Crippen molar-refractivity contribution < 1.29 is 4.74 Å². The second kappa shape index (κ2) is 6.53. The van der Waals surface area contributed by atoms with Gasteiger partial charge in [-0.25, -0.2) is 0 Å². The summed E-state index contributed by atoms with van der Waals surface area (Å²) in [6, 6.07) is 0.859. The van der Waals surface area contributed by atoms with E-state index in [0.717, 1.165) is 38.2 Å². The molecule has 0 aromatic carbocycles. The third-order valence-corrected chi connectivity index (χ3v) is 4.73. The van der Waals surface area contributed by atoms with Crippen LogP contribution in [0.4, 0.5) is 0 Å². The van der Waals surface area contributed by atoms with Gasteiger partial charge in [0.2, 0.25) is 0 Å². The van der Waals surface area contributed by atoms with Crippen LogP contribution in [0.15, 0.2) is 0 Å². The zero-order valence-corrected chi connectivity index (χ0v) is 12.3. The zero-order chi connectivity index (χ0) is 13.1. The van der Waals surface area contributed by atoms with Crippen molar-refractivity contribution >= 4 is 0 Å². The van der Waals surface area contributed by atoms with Crippen molar-refractivity contribution in [1.29, 1.82) is 0 Å². The molecular formula is C15H29N3O. The van der Waals surface area contributed by atoms with Gasteiger partial charge in [-0.3, -0.25) is 4.90 Å². The molecule has 3 fully saturated rings. The molecule has 2 saturated heterocycles. The van der Waals surface area contributed by atoms with Crippen molar-refractivity contribution in [2.75, 3.05) is 52.9 Å². The van der Waals surface area contributed by atoms with E-state index in [-0.39, 0.29) is 0 Å². The number of likely N-dealkylation sites (N-methyl/N-ethyl adjacent to an activating group) is 1. The highest BCUT2D eigenvalue weighted by atomic mass is 16.5. The van der Waals surface area contributed by atoms with Crippen LogP contribution in [0.5, 0.6) is 0 Å². The number of nitrogens with one attached hydrogen (secondary N) is 1. The number of morpholine rings is 1. The van der Waals surface area contributed by atoms with E-state index < -0.39 is 0 Å². The van der Waals surface area contributed by atoms with Crippen LogP contribution in [0.25, 0.3) is 0 Å². The van der Waals surface area contributed by atoms with E-state index in [1.54, 1.807) is 0 Å². The number of rotatable bonds is 5. The van der Waals surface area contributed by atoms with Crippen molar-refractivity contribution in [2.45, 2.75) is 37.8 Å². The fourth-order valence-electron chi connectivity index (χ4n) is 3.46. The SMILES string of the molecule is CN1CCOC(CN(CC2CCCNC2)C2CC2)C1. The van der Waals surface area contributed by atoms with E-state index in [4.69, 9.17) is 4.74 Å². The summed E-state index contributed by atoms with van der Waals surface area (Å²) >= 11 is 0. The van der Waals surface area contributed by atoms with E-state index in [1.807, 2.05) is 0 Å². The molecule has 0 aromatic heterocycles. The molecule has 110 valence electrons. The minimum atomic E-state index is 0.427. The van der Waals surface area contributed by atoms with Crippen LogP contribution in [0.3, 0.4) is 0 Å². The van der Waals surface area contributed by atoms with Crippen molar-refractivity contribution in [3.63, 3.8) is 0 Å². The molecule has 1 N–H and O–H groups in total. The van der Waals surface area contributed by atoms with E-state index in [0.29, 0.717) is 6.10 Å². The standard InChI is InChI=1S/C15H29N3O/c1-17-7-8-19-15(11-17)12-18(14-4-5-14)10-13-3-2-6-16-9-13/h13-16H,2-12H2,1H3. The van der Waals surface area contributed by atoms with Crippen LogP contribution in [0.1, 0.15) is 25.7 Å². The van der Waals surface area contributed by atoms with E-state index in [2.05, 4.69) is 22.2 Å². The first-order valence-electron chi connectivity index (χ1n) is 8.06. The number of hydrogen-bond donors (Lipinski definition) is 1. The van der Waals surface area contributed by atoms with Gasteiger partial charge in [0.25, 0.3) is 0 Å². The van der Waals surface area contributed by atoms with Gasteiger partial charge in [-0.05, 0) is 51.7 Å². The molecule has 2 aliphatic heterocycles. The predicted molar refractivity (Wildman–Crippen MR) is 77.4 cm³/mol. The third-order valence-electron chi connectivity index (χ3n) is 4.73. The number of nitrogens with zero attached hydrogens (tertiary/aromatic N) is 2. The van der Waals surface area contributed by atoms with Gasteiger partial charge in [-0.2, -0.15) is 0 Å². The molecular weight excluding hydrogens is 238 g/mol. The Balaban J connectivity index is 1.49. The number of hydrogen-bond acceptors (Lipinski definition) is 4. The van der Waals surface area contributed by atoms with Crippen molar-refractivity contribution in [1.82, 2.24) is 15.1 Å². The topological polar surface area (TPSA) is 27.7 Å². The maximum atomic E-state index is 5.95. The third kappa shape index (κ3) is 4.15. The second-order valence-corrected chi connectivity index (χ2v) is 6.65. The van der Waals surface area contributed by atoms with Crippen LogP contribution < -0.4 is 5.32 Å². The van der Waals surface area contributed by atoms with Crippen molar-refractivity contribution in [3.8, 4) is 0 Å². The van der Waals surface area contributed by atoms with Gasteiger partial charge < -0.3 is 15.0 Å². The Kier molecular flexibility index (Phi) is 4.74. The molecule has 4 nitrogen and oxygen atoms in total. The molecule has 4 heteroatoms. The molecule has 0 radical (unpaired) electrons. The van der Waals surface area contributed by atoms with E-state index in [9.17, 15) is 0 Å². The van der Waals surface area contributed by atoms with Crippen molar-refractivity contribution in [2.24, 2.45) is 5.92 Å². The summed E-state index contributed by atoms with van der Waals surface area (Å²) in [4.78, 5) is 5.13. The zero-order valence-electron chi connectivity index (χ0n) is 12.3. The lowest BCUT2D eigenvalue weighted by molar-refractivity contribution is -0.0389. The molecule has 19 heavy (non-hydrogen) atoms. The minimum absolute atomic E-state index is 0.427. The lowest BCUT2D eigenvalue weighted by Crippen LogP contribution is -2.48. The predicted octanol–water partition coefficient (Wildman–Crippen LogP) is 0.781. The summed E-state index contributed by atoms with van der Waals surface area (Å²) in [5.41, 5.74) is 0. The Hall–Kier alpha value is -0.160. The van der Waals surface area contributed by atoms with Gasteiger partial charge in [0.05, 0.1) is 12.7 Å². The van der Waals surface area contributed by atoms with Crippen LogP contribution >= 0.6 is 0 Å². The molecule has 3 aliphatic rings. The second-order valence-electron chi connectivity index (χ2n) is 6.65. The molecule has 2 unspecified atom stereocenters. The highest BCUT2D eigenvalue weighted by Gasteiger charge is 2.33. The van der Waals surface area contributed by atoms with Gasteiger partial charge >= 0.3 is 0 Å². The van der Waals surface area contributed by atoms with Gasteiger partial charge in [-0.1, -0.05) is 0 Å². The highest BCUT2D eigenvalue weighted by Crippen LogP contribution is 2.29. The average molecular weight is 267 g/mol. The van der Waals surface area contributed by atoms with Gasteiger partial charge in [0.15, 0.2) is 0 Å². The van der Waals surface area contributed by atoms with Gasteiger partial charge in [-0.15, -0.1) is 0 Å². The summed E-state index contributed by atoms with van der Waals surface area (Å²) in [5.74, 6) is 0.857. The molecule has 1 saturated carbocycles. The molecule has 2 heterocycles. The average Bonchev–Trinajstić information content (AvgIpc) is 3.23. The molecule has 1 aliphatic carbocycles. The molecule has 0 amide bonds. The lowest BCUT2D eigenvalue weighted by Gasteiger charge is -2.36. The monoisotopic (exact) mass is 267 g/mol. The number of piperidine rings is 1. The van der Waals surface area contributed by atoms with Crippen molar-refractivity contribution in [3.05, 3.63) is 0 Å². The Labute approximate surface area is 117 Å². The lowest BCUT2D eigenvalue weighted by atomic mass is 9.99. The fraction of sp³-hybridized carbons (Fsp3) is 1.00. The fourth-order valence-corrected chi connectivity index (χ4v) is 3.46. The Morgan fingerprint density at radius 1 is 1.26 bits per heavy atom. The molecule has 0 bridgehead atoms. The summed E-state index contributed by atoms with van der Waals surface area (Å²) in [6.07, 6.45) is 6.00. The summed E-state index contributed by atoms with van der Waals surface area (Å²) < 4.78 is 5.95. The molecule has 0 aromatic rings. The molecule has 3 rings (SSSR count). The smallest absolute Gasteiger partial charge is 0.0829 e. The van der Waals surface area contributed by atoms with Gasteiger partial charge in [0, 0.05) is 32.2 Å². The number of ether oxygens (including phenoxy) is 1. The summed E-state index contributed by atoms with van der Waals surface area (Å²) in [5, 5.41) is 3.54. The Bertz CT molecular complexity index is 277. The first-order chi connectivity index (χ1) is 9.31. The van der Waals surface area contributed by atoms with Crippen LogP contribution in [-0.4, -0.2) is 74.9 Å². The molecule has 2 atom stereocenters. The maximum Gasteiger partial charge on any atom is 0.0829 e. The molecule has 0 spiro atoms. The summed E-state index contributed by atoms with van der Waals surface area (Å²) in [6.45, 7) is 7.96. The summed E-state index contributed by atoms with van der Waals surface area (Å²) in [7, 11) is 2.21. The minimum Gasteiger partial charge on any atom is -0.374 e. The normalized spacial score (nSPS) is 33.8. The maximum absolute atomic E-state index is 5.95. The largest absolute Gasteiger partial charge is 0.374 e. The quantitative estimate of drug-likeness (QED) is 0.797. The Morgan fingerprint density at radius 2 is 2.16 bits per heavy atom. The first-order valence-corrected chi connectivity index (χ1v) is 8.06. The van der Waals surface area contributed by atoms with Crippen LogP contribution in [-0.2, 0) is 4.74 Å². The van der Waals surface area contributed by atoms with Crippen LogP contribution in [0.2, 0.25) is 0 Å². The first kappa shape index (κ1) is 13.8. The van der Waals surface area contributed by atoms with Crippen LogP contribution in [0, 0.1) is 5.92 Å². The Morgan fingerprint density at radius 3 is 2.84 bits per heavy atom. The highest BCUT2D eigenvalue weighted by molar-refractivity contribution is 4.88. The van der Waals surface area contributed by atoms with E-state index in [1.165, 1.54) is 45.3 Å². The van der Waals surface area contributed by atoms with Gasteiger partial charge in [0.1, 0.15) is 0 Å². The van der Waals surface area contributed by atoms with E-state index >= 15 is 0 Å².